The number of rotatable bonds is 3. The van der Waals surface area contributed by atoms with E-state index in [-0.39, 0.29) is 17.4 Å². The SMILES string of the molecule is C[C@H](C(=O)Nc1cccc2c(=O)[nH]ccc12)c1ccc(Cl)cc1. The molecule has 0 radical (unpaired) electrons. The molecule has 0 spiro atoms. The first kappa shape index (κ1) is 15.3. The van der Waals surface area contributed by atoms with Crippen molar-refractivity contribution in [1.29, 1.82) is 0 Å². The maximum Gasteiger partial charge on any atom is 0.255 e. The van der Waals surface area contributed by atoms with Gasteiger partial charge in [-0.05, 0) is 42.8 Å². The van der Waals surface area contributed by atoms with E-state index in [1.807, 2.05) is 19.1 Å². The molecule has 2 N–H and O–H groups in total. The van der Waals surface area contributed by atoms with Crippen molar-refractivity contribution < 1.29 is 4.79 Å². The van der Waals surface area contributed by atoms with E-state index >= 15 is 0 Å². The van der Waals surface area contributed by atoms with Crippen LogP contribution in [-0.2, 0) is 4.79 Å². The first-order valence-corrected chi connectivity index (χ1v) is 7.61. The Hall–Kier alpha value is -2.59. The first-order valence-electron chi connectivity index (χ1n) is 7.23. The van der Waals surface area contributed by atoms with Crippen molar-refractivity contribution in [2.75, 3.05) is 5.32 Å². The van der Waals surface area contributed by atoms with Gasteiger partial charge in [0.05, 0.1) is 5.92 Å². The second kappa shape index (κ2) is 6.26. The number of H-pyrrole nitrogens is 1. The Morgan fingerprint density at radius 1 is 1.09 bits per heavy atom. The maximum absolute atomic E-state index is 12.5. The normalized spacial score (nSPS) is 12.1. The fraction of sp³-hybridized carbons (Fsp3) is 0.111. The van der Waals surface area contributed by atoms with Crippen LogP contribution in [0.2, 0.25) is 5.02 Å². The van der Waals surface area contributed by atoms with Gasteiger partial charge in [-0.1, -0.05) is 29.8 Å². The number of amides is 1. The highest BCUT2D eigenvalue weighted by atomic mass is 35.5. The highest BCUT2D eigenvalue weighted by Gasteiger charge is 2.16. The van der Waals surface area contributed by atoms with Crippen molar-refractivity contribution in [3.63, 3.8) is 0 Å². The zero-order valence-electron chi connectivity index (χ0n) is 12.5. The molecule has 23 heavy (non-hydrogen) atoms. The Balaban J connectivity index is 1.90. The summed E-state index contributed by atoms with van der Waals surface area (Å²) in [7, 11) is 0. The van der Waals surface area contributed by atoms with Crippen molar-refractivity contribution in [3.8, 4) is 0 Å². The van der Waals surface area contributed by atoms with Gasteiger partial charge >= 0.3 is 0 Å². The average Bonchev–Trinajstić information content (AvgIpc) is 2.56. The van der Waals surface area contributed by atoms with E-state index < -0.39 is 0 Å². The van der Waals surface area contributed by atoms with E-state index in [0.29, 0.717) is 21.5 Å². The van der Waals surface area contributed by atoms with Crippen LogP contribution in [0.15, 0.2) is 59.5 Å². The summed E-state index contributed by atoms with van der Waals surface area (Å²) in [6.45, 7) is 1.83. The summed E-state index contributed by atoms with van der Waals surface area (Å²) >= 11 is 5.87. The van der Waals surface area contributed by atoms with Gasteiger partial charge in [0.2, 0.25) is 5.91 Å². The second-order valence-electron chi connectivity index (χ2n) is 5.34. The molecule has 1 atom stereocenters. The lowest BCUT2D eigenvalue weighted by Gasteiger charge is -2.14. The molecule has 4 nitrogen and oxygen atoms in total. The monoisotopic (exact) mass is 326 g/mol. The third-order valence-corrected chi connectivity index (χ3v) is 4.09. The third-order valence-electron chi connectivity index (χ3n) is 3.84. The number of fused-ring (bicyclic) bond motifs is 1. The van der Waals surface area contributed by atoms with Crippen LogP contribution in [0, 0.1) is 0 Å². The molecule has 0 aliphatic heterocycles. The summed E-state index contributed by atoms with van der Waals surface area (Å²) in [5.41, 5.74) is 1.33. The number of halogens is 1. The quantitative estimate of drug-likeness (QED) is 0.766. The average molecular weight is 327 g/mol. The van der Waals surface area contributed by atoms with Gasteiger partial charge in [0.15, 0.2) is 0 Å². The molecule has 116 valence electrons. The van der Waals surface area contributed by atoms with Gasteiger partial charge in [-0.25, -0.2) is 0 Å². The van der Waals surface area contributed by atoms with Crippen molar-refractivity contribution in [2.24, 2.45) is 0 Å². The summed E-state index contributed by atoms with van der Waals surface area (Å²) in [4.78, 5) is 26.9. The van der Waals surface area contributed by atoms with E-state index in [1.165, 1.54) is 0 Å². The number of carbonyl (C=O) groups excluding carboxylic acids is 1. The van der Waals surface area contributed by atoms with Gasteiger partial charge in [-0.2, -0.15) is 0 Å². The third kappa shape index (κ3) is 3.12. The predicted octanol–water partition coefficient (Wildman–Crippen LogP) is 3.92. The minimum Gasteiger partial charge on any atom is -0.329 e. The molecular formula is C18H15ClN2O2. The number of pyridine rings is 1. The zero-order valence-corrected chi connectivity index (χ0v) is 13.2. The Kier molecular flexibility index (Phi) is 4.17. The minimum atomic E-state index is -0.329. The standard InChI is InChI=1S/C18H15ClN2O2/c1-11(12-5-7-13(19)8-6-12)17(22)21-16-4-2-3-15-14(16)9-10-20-18(15)23/h2-11H,1H3,(H,20,23)(H,21,22)/t11-/m0/s1. The molecule has 0 fully saturated rings. The highest BCUT2D eigenvalue weighted by Crippen LogP contribution is 2.24. The molecule has 2 aromatic carbocycles. The number of nitrogens with one attached hydrogen (secondary N) is 2. The van der Waals surface area contributed by atoms with E-state index in [2.05, 4.69) is 10.3 Å². The van der Waals surface area contributed by atoms with E-state index in [1.54, 1.807) is 42.6 Å². The molecule has 0 bridgehead atoms. The number of carbonyl (C=O) groups is 1. The number of benzene rings is 2. The number of hydrogen-bond acceptors (Lipinski definition) is 2. The zero-order chi connectivity index (χ0) is 16.4. The molecule has 0 saturated heterocycles. The van der Waals surface area contributed by atoms with E-state index in [4.69, 9.17) is 11.6 Å². The van der Waals surface area contributed by atoms with Crippen LogP contribution in [-0.4, -0.2) is 10.9 Å². The van der Waals surface area contributed by atoms with Gasteiger partial charge < -0.3 is 10.3 Å². The Morgan fingerprint density at radius 2 is 1.83 bits per heavy atom. The summed E-state index contributed by atoms with van der Waals surface area (Å²) in [6.07, 6.45) is 1.57. The fourth-order valence-electron chi connectivity index (χ4n) is 2.47. The molecule has 5 heteroatoms. The molecule has 1 aromatic heterocycles. The number of anilines is 1. The largest absolute Gasteiger partial charge is 0.329 e. The number of aromatic nitrogens is 1. The summed E-state index contributed by atoms with van der Waals surface area (Å²) in [5, 5.41) is 4.80. The predicted molar refractivity (Wildman–Crippen MR) is 93.1 cm³/mol. The molecule has 3 rings (SSSR count). The van der Waals surface area contributed by atoms with Crippen molar-refractivity contribution in [1.82, 2.24) is 4.98 Å². The van der Waals surface area contributed by atoms with E-state index in [0.717, 1.165) is 5.56 Å². The van der Waals surface area contributed by atoms with Gasteiger partial charge in [-0.15, -0.1) is 0 Å². The fourth-order valence-corrected chi connectivity index (χ4v) is 2.60. The molecule has 0 unspecified atom stereocenters. The van der Waals surface area contributed by atoms with Gasteiger partial charge in [0, 0.05) is 27.7 Å². The van der Waals surface area contributed by atoms with Crippen LogP contribution in [0.1, 0.15) is 18.4 Å². The Labute approximate surface area is 138 Å². The Morgan fingerprint density at radius 3 is 2.57 bits per heavy atom. The molecule has 1 heterocycles. The lowest BCUT2D eigenvalue weighted by atomic mass is 10.00. The summed E-state index contributed by atoms with van der Waals surface area (Å²) in [6, 6.07) is 14.2. The van der Waals surface area contributed by atoms with Crippen LogP contribution in [0.3, 0.4) is 0 Å². The number of hydrogen-bond donors (Lipinski definition) is 2. The lowest BCUT2D eigenvalue weighted by molar-refractivity contribution is -0.117. The maximum atomic E-state index is 12.5. The Bertz CT molecular complexity index is 916. The van der Waals surface area contributed by atoms with Gasteiger partial charge in [0.25, 0.3) is 5.56 Å². The first-order chi connectivity index (χ1) is 11.1. The van der Waals surface area contributed by atoms with Crippen LogP contribution < -0.4 is 10.9 Å². The number of aromatic amines is 1. The molecule has 0 aliphatic carbocycles. The van der Waals surface area contributed by atoms with Crippen LogP contribution in [0.25, 0.3) is 10.8 Å². The van der Waals surface area contributed by atoms with Gasteiger partial charge in [0.1, 0.15) is 0 Å². The van der Waals surface area contributed by atoms with Crippen LogP contribution in [0.4, 0.5) is 5.69 Å². The van der Waals surface area contributed by atoms with E-state index in [9.17, 15) is 9.59 Å². The van der Waals surface area contributed by atoms with Crippen LogP contribution in [0.5, 0.6) is 0 Å². The summed E-state index contributed by atoms with van der Waals surface area (Å²) in [5.74, 6) is -0.468. The lowest BCUT2D eigenvalue weighted by Crippen LogP contribution is -2.19. The molecule has 1 amide bonds. The second-order valence-corrected chi connectivity index (χ2v) is 5.77. The minimum absolute atomic E-state index is 0.139. The van der Waals surface area contributed by atoms with Crippen LogP contribution >= 0.6 is 11.6 Å². The van der Waals surface area contributed by atoms with Gasteiger partial charge in [-0.3, -0.25) is 9.59 Å². The molecule has 0 saturated carbocycles. The molecular weight excluding hydrogens is 312 g/mol. The summed E-state index contributed by atoms with van der Waals surface area (Å²) < 4.78 is 0. The topological polar surface area (TPSA) is 62.0 Å². The smallest absolute Gasteiger partial charge is 0.255 e. The highest BCUT2D eigenvalue weighted by molar-refractivity contribution is 6.30. The van der Waals surface area contributed by atoms with Crippen molar-refractivity contribution >= 4 is 34.0 Å². The van der Waals surface area contributed by atoms with Crippen molar-refractivity contribution in [2.45, 2.75) is 12.8 Å². The van der Waals surface area contributed by atoms with Crippen molar-refractivity contribution in [3.05, 3.63) is 75.7 Å². The molecule has 3 aromatic rings. The molecule has 0 aliphatic rings.